The highest BCUT2D eigenvalue weighted by atomic mass is 32.2. The molecule has 0 bridgehead atoms. The molecule has 2 aliphatic heterocycles. The van der Waals surface area contributed by atoms with E-state index < -0.39 is 79.2 Å². The number of nitrogens with one attached hydrogen (secondary N) is 2. The van der Waals surface area contributed by atoms with E-state index in [0.717, 1.165) is 56.9 Å². The van der Waals surface area contributed by atoms with Crippen molar-refractivity contribution in [3.63, 3.8) is 0 Å². The van der Waals surface area contributed by atoms with Crippen LogP contribution in [0.1, 0.15) is 155 Å². The molecule has 1 unspecified atom stereocenters. The molecule has 1 saturated heterocycles. The summed E-state index contributed by atoms with van der Waals surface area (Å²) in [5.74, 6) is -2.66. The number of benzene rings is 1. The normalized spacial score (nSPS) is 23.6. The Labute approximate surface area is 363 Å². The molecule has 1 aromatic rings. The number of hydrogen-bond donors (Lipinski definition) is 2. The summed E-state index contributed by atoms with van der Waals surface area (Å²) in [6, 6.07) is 5.17. The van der Waals surface area contributed by atoms with Crippen LogP contribution in [0.2, 0.25) is 0 Å². The molecule has 0 aromatic heterocycles. The summed E-state index contributed by atoms with van der Waals surface area (Å²) in [5.41, 5.74) is 0.506. The Morgan fingerprint density at radius 3 is 2.18 bits per heavy atom. The fraction of sp³-hybridized carbons (Fsp3) is 0.745. The number of carbonyl (C=O) groups is 6. The van der Waals surface area contributed by atoms with Gasteiger partial charge >= 0.3 is 12.1 Å². The molecule has 6 rings (SSSR count). The highest BCUT2D eigenvalue weighted by molar-refractivity contribution is 7.92. The maximum absolute atomic E-state index is 15.2. The van der Waals surface area contributed by atoms with E-state index in [9.17, 15) is 32.4 Å². The SMILES string of the molecule is CCCC(CC(=O)[C@@H]1C[C@@H](OC(=O)N2CCc3ccccc3C2)CN1C(=O)[C@@H](NC(=O)NC1(CS(=O)(=O)C(C)(C)C)CCCCC1)C1(C)CCCCC1)C(=O)C(=O)CC1CC1. The molecular formula is C47H70N4O9S. The molecule has 2 N–H and O–H groups in total. The molecule has 14 heteroatoms. The smallest absolute Gasteiger partial charge is 0.410 e. The molecule has 1 aromatic carbocycles. The first-order valence-electron chi connectivity index (χ1n) is 23.1. The van der Waals surface area contributed by atoms with E-state index in [1.165, 1.54) is 10.5 Å². The Hall–Kier alpha value is -3.81. The lowest BCUT2D eigenvalue weighted by Gasteiger charge is -2.44. The predicted molar refractivity (Wildman–Crippen MR) is 232 cm³/mol. The van der Waals surface area contributed by atoms with Gasteiger partial charge in [0.05, 0.1) is 28.6 Å². The molecule has 3 saturated carbocycles. The number of ether oxygens (including phenoxy) is 1. The van der Waals surface area contributed by atoms with Crippen LogP contribution in [0.5, 0.6) is 0 Å². The van der Waals surface area contributed by atoms with Crippen LogP contribution >= 0.6 is 0 Å². The summed E-state index contributed by atoms with van der Waals surface area (Å²) < 4.78 is 32.2. The van der Waals surface area contributed by atoms with Gasteiger partial charge in [-0.25, -0.2) is 18.0 Å². The van der Waals surface area contributed by atoms with Gasteiger partial charge in [-0.15, -0.1) is 0 Å². The third kappa shape index (κ3) is 11.4. The Bertz CT molecular complexity index is 1910. The summed E-state index contributed by atoms with van der Waals surface area (Å²) in [4.78, 5) is 87.4. The molecule has 4 atom stereocenters. The van der Waals surface area contributed by atoms with Crippen molar-refractivity contribution < 1.29 is 41.9 Å². The third-order valence-electron chi connectivity index (χ3n) is 14.3. The van der Waals surface area contributed by atoms with Crippen LogP contribution in [0.3, 0.4) is 0 Å². The minimum absolute atomic E-state index is 0.0210. The fourth-order valence-corrected chi connectivity index (χ4v) is 11.7. The molecular weight excluding hydrogens is 797 g/mol. The summed E-state index contributed by atoms with van der Waals surface area (Å²) >= 11 is 0. The van der Waals surface area contributed by atoms with Gasteiger partial charge < -0.3 is 25.2 Å². The van der Waals surface area contributed by atoms with Gasteiger partial charge in [-0.2, -0.15) is 0 Å². The monoisotopic (exact) mass is 866 g/mol. The lowest BCUT2D eigenvalue weighted by atomic mass is 9.70. The van der Waals surface area contributed by atoms with E-state index in [0.29, 0.717) is 58.0 Å². The minimum Gasteiger partial charge on any atom is -0.444 e. The average molecular weight is 867 g/mol. The van der Waals surface area contributed by atoms with Gasteiger partial charge in [0, 0.05) is 38.3 Å². The molecule has 61 heavy (non-hydrogen) atoms. The second-order valence-corrected chi connectivity index (χ2v) is 23.0. The van der Waals surface area contributed by atoms with Gasteiger partial charge in [0.1, 0.15) is 12.1 Å². The van der Waals surface area contributed by atoms with Crippen molar-refractivity contribution in [2.75, 3.05) is 18.8 Å². The Morgan fingerprint density at radius 2 is 1.56 bits per heavy atom. The number of ketones is 3. The summed E-state index contributed by atoms with van der Waals surface area (Å²) in [6.07, 6.45) is 9.45. The zero-order valence-electron chi connectivity index (χ0n) is 37.2. The Morgan fingerprint density at radius 1 is 0.918 bits per heavy atom. The maximum atomic E-state index is 15.2. The fourth-order valence-electron chi connectivity index (χ4n) is 10.1. The summed E-state index contributed by atoms with van der Waals surface area (Å²) in [7, 11) is -3.62. The number of carbonyl (C=O) groups excluding carboxylic acids is 6. The molecule has 0 radical (unpaired) electrons. The van der Waals surface area contributed by atoms with Gasteiger partial charge in [0.15, 0.2) is 21.4 Å². The van der Waals surface area contributed by atoms with Gasteiger partial charge in [-0.3, -0.25) is 19.2 Å². The number of nitrogens with zero attached hydrogens (tertiary/aromatic N) is 2. The largest absolute Gasteiger partial charge is 0.444 e. The van der Waals surface area contributed by atoms with Crippen LogP contribution in [0.15, 0.2) is 24.3 Å². The van der Waals surface area contributed by atoms with Crippen molar-refractivity contribution in [2.45, 2.75) is 185 Å². The molecule has 4 fully saturated rings. The minimum atomic E-state index is -3.62. The van der Waals surface area contributed by atoms with Crippen molar-refractivity contribution in [3.05, 3.63) is 35.4 Å². The van der Waals surface area contributed by atoms with E-state index in [1.807, 2.05) is 38.1 Å². The first-order valence-corrected chi connectivity index (χ1v) is 24.7. The summed E-state index contributed by atoms with van der Waals surface area (Å²) in [6.45, 7) is 9.62. The zero-order valence-corrected chi connectivity index (χ0v) is 38.0. The van der Waals surface area contributed by atoms with E-state index in [2.05, 4.69) is 10.6 Å². The maximum Gasteiger partial charge on any atom is 0.410 e. The third-order valence-corrected chi connectivity index (χ3v) is 17.1. The topological polar surface area (TPSA) is 176 Å². The second-order valence-electron chi connectivity index (χ2n) is 20.2. The highest BCUT2D eigenvalue weighted by Crippen LogP contribution is 2.41. The predicted octanol–water partition coefficient (Wildman–Crippen LogP) is 7.02. The molecule has 0 spiro atoms. The van der Waals surface area contributed by atoms with Crippen molar-refractivity contribution in [1.29, 1.82) is 0 Å². The summed E-state index contributed by atoms with van der Waals surface area (Å²) in [5, 5.41) is 6.11. The number of amides is 4. The van der Waals surface area contributed by atoms with Gasteiger partial charge in [-0.1, -0.05) is 83.1 Å². The number of likely N-dealkylation sites (tertiary alicyclic amines) is 1. The van der Waals surface area contributed by atoms with Gasteiger partial charge in [-0.05, 0) is 94.6 Å². The number of sulfone groups is 1. The molecule has 2 heterocycles. The van der Waals surface area contributed by atoms with Crippen LogP contribution in [0.4, 0.5) is 9.59 Å². The van der Waals surface area contributed by atoms with Crippen LogP contribution in [0, 0.1) is 17.3 Å². The molecule has 3 aliphatic carbocycles. The van der Waals surface area contributed by atoms with E-state index in [4.69, 9.17) is 4.74 Å². The number of Topliss-reactive ketones (excluding diaryl/α,β-unsaturated/α-hetero) is 3. The van der Waals surface area contributed by atoms with Crippen molar-refractivity contribution in [2.24, 2.45) is 17.3 Å². The van der Waals surface area contributed by atoms with Gasteiger partial charge in [0.25, 0.3) is 0 Å². The Balaban J connectivity index is 1.26. The molecule has 13 nitrogen and oxygen atoms in total. The van der Waals surface area contributed by atoms with Crippen molar-refractivity contribution >= 4 is 45.2 Å². The quantitative estimate of drug-likeness (QED) is 0.166. The van der Waals surface area contributed by atoms with E-state index >= 15 is 4.79 Å². The lowest BCUT2D eigenvalue weighted by molar-refractivity contribution is -0.144. The first kappa shape index (κ1) is 46.7. The van der Waals surface area contributed by atoms with Gasteiger partial charge in [0.2, 0.25) is 11.7 Å². The Kier molecular flexibility index (Phi) is 14.8. The van der Waals surface area contributed by atoms with Crippen LogP contribution in [-0.4, -0.2) is 101 Å². The molecule has 5 aliphatic rings. The van der Waals surface area contributed by atoms with Crippen LogP contribution in [0.25, 0.3) is 0 Å². The van der Waals surface area contributed by atoms with E-state index in [1.54, 1.807) is 25.7 Å². The van der Waals surface area contributed by atoms with Crippen molar-refractivity contribution in [3.8, 4) is 0 Å². The number of urea groups is 1. The number of hydrogen-bond acceptors (Lipinski definition) is 9. The lowest BCUT2D eigenvalue weighted by Crippen LogP contribution is -2.64. The molecule has 4 amide bonds. The second kappa shape index (κ2) is 19.3. The van der Waals surface area contributed by atoms with Crippen molar-refractivity contribution in [1.82, 2.24) is 20.4 Å². The number of fused-ring (bicyclic) bond motifs is 1. The number of rotatable bonds is 16. The van der Waals surface area contributed by atoms with Crippen LogP contribution in [-0.2, 0) is 46.7 Å². The zero-order chi connectivity index (χ0) is 44.2. The van der Waals surface area contributed by atoms with E-state index in [-0.39, 0.29) is 43.3 Å². The standard InChI is InChI=1S/C47H70N4O9S/c1-6-15-34(40(54)39(53)26-32-18-19-32)27-38(52)37-28-36(60-44(57)50-25-20-33-16-9-10-17-35(33)29-50)30-51(37)42(55)41(46(5)21-11-7-12-22-46)48-43(56)49-47(23-13-8-14-24-47)31-61(58,59)45(2,3)4/h9-10,16-17,32,34,36-37,41H,6-8,11-15,18-31H2,1-5H3,(H2,48,49,56)/t34?,36-,37+,41-/m1/s1. The molecule has 338 valence electrons. The highest BCUT2D eigenvalue weighted by Gasteiger charge is 2.50. The van der Waals surface area contributed by atoms with Crippen LogP contribution < -0.4 is 10.6 Å². The first-order chi connectivity index (χ1) is 28.8. The average Bonchev–Trinajstić information content (AvgIpc) is 3.93.